The van der Waals surface area contributed by atoms with Gasteiger partial charge in [0.1, 0.15) is 0 Å². The molecule has 0 aromatic carbocycles. The lowest BCUT2D eigenvalue weighted by atomic mass is 10.3. The number of hydrogen-bond acceptors (Lipinski definition) is 3. The number of nitrogens with two attached hydrogens (primary N) is 1. The van der Waals surface area contributed by atoms with E-state index in [-0.39, 0.29) is 12.7 Å². The van der Waals surface area contributed by atoms with Gasteiger partial charge in [0, 0.05) is 19.8 Å². The second-order valence-corrected chi connectivity index (χ2v) is 2.21. The molecule has 0 fully saturated rings. The van der Waals surface area contributed by atoms with E-state index in [9.17, 15) is 0 Å². The van der Waals surface area contributed by atoms with Crippen LogP contribution in [-0.4, -0.2) is 31.0 Å². The molecule has 0 amide bonds. The molecule has 0 saturated carbocycles. The summed E-state index contributed by atoms with van der Waals surface area (Å²) in [5.41, 5.74) is 5.38. The van der Waals surface area contributed by atoms with Crippen molar-refractivity contribution in [2.45, 2.75) is 25.9 Å². The Balaban J connectivity index is 3.09. The van der Waals surface area contributed by atoms with Crippen LogP contribution in [0, 0.1) is 0 Å². The molecule has 3 N–H and O–H groups in total. The molecular formula is C7H17NO2. The molecule has 0 saturated heterocycles. The van der Waals surface area contributed by atoms with Gasteiger partial charge in [-0.1, -0.05) is 6.92 Å². The van der Waals surface area contributed by atoms with Crippen LogP contribution in [-0.2, 0) is 4.74 Å². The Morgan fingerprint density at radius 2 is 2.30 bits per heavy atom. The average Bonchev–Trinajstić information content (AvgIpc) is 1.99. The van der Waals surface area contributed by atoms with Crippen molar-refractivity contribution >= 4 is 0 Å². The molecule has 0 rings (SSSR count). The van der Waals surface area contributed by atoms with Crippen molar-refractivity contribution in [3.8, 4) is 0 Å². The Labute approximate surface area is 62.2 Å². The third-order valence-electron chi connectivity index (χ3n) is 1.37. The van der Waals surface area contributed by atoms with Crippen molar-refractivity contribution in [3.63, 3.8) is 0 Å². The second kappa shape index (κ2) is 6.99. The van der Waals surface area contributed by atoms with Gasteiger partial charge in [-0.15, -0.1) is 0 Å². The summed E-state index contributed by atoms with van der Waals surface area (Å²) in [6, 6.07) is 0. The number of aliphatic hydroxyl groups is 1. The van der Waals surface area contributed by atoms with Gasteiger partial charge in [-0.2, -0.15) is 0 Å². The Morgan fingerprint density at radius 3 is 2.70 bits per heavy atom. The zero-order valence-corrected chi connectivity index (χ0v) is 6.55. The number of rotatable bonds is 6. The van der Waals surface area contributed by atoms with E-state index in [1.807, 2.05) is 6.92 Å². The molecule has 3 nitrogen and oxygen atoms in total. The molecule has 0 bridgehead atoms. The summed E-state index contributed by atoms with van der Waals surface area (Å²) in [7, 11) is 0. The standard InChI is InChI=1S/C7H17NO2/c1-2-7(6-8)10-5-3-4-9/h7,9H,2-6,8H2,1H3. The molecule has 0 spiro atoms. The average molecular weight is 147 g/mol. The molecule has 0 aliphatic heterocycles. The van der Waals surface area contributed by atoms with Crippen LogP contribution < -0.4 is 5.73 Å². The molecule has 10 heavy (non-hydrogen) atoms. The summed E-state index contributed by atoms with van der Waals surface area (Å²) in [4.78, 5) is 0. The van der Waals surface area contributed by atoms with Gasteiger partial charge >= 0.3 is 0 Å². The molecule has 3 heteroatoms. The Kier molecular flexibility index (Phi) is 6.91. The Hall–Kier alpha value is -0.120. The highest BCUT2D eigenvalue weighted by Crippen LogP contribution is 1.95. The molecule has 1 unspecified atom stereocenters. The summed E-state index contributed by atoms with van der Waals surface area (Å²) in [6.07, 6.45) is 1.82. The molecule has 62 valence electrons. The highest BCUT2D eigenvalue weighted by Gasteiger charge is 2.01. The van der Waals surface area contributed by atoms with Crippen LogP contribution in [0.3, 0.4) is 0 Å². The van der Waals surface area contributed by atoms with E-state index in [4.69, 9.17) is 15.6 Å². The van der Waals surface area contributed by atoms with E-state index >= 15 is 0 Å². The van der Waals surface area contributed by atoms with Crippen molar-refractivity contribution in [2.75, 3.05) is 19.8 Å². The van der Waals surface area contributed by atoms with Crippen LogP contribution in [0.4, 0.5) is 0 Å². The lowest BCUT2D eigenvalue weighted by Gasteiger charge is -2.12. The minimum atomic E-state index is 0.173. The normalized spacial score (nSPS) is 13.5. The molecular weight excluding hydrogens is 130 g/mol. The summed E-state index contributed by atoms with van der Waals surface area (Å²) >= 11 is 0. The molecule has 0 aliphatic carbocycles. The monoisotopic (exact) mass is 147 g/mol. The predicted octanol–water partition coefficient (Wildman–Crippen LogP) is 0.123. The van der Waals surface area contributed by atoms with Gasteiger partial charge in [-0.3, -0.25) is 0 Å². The molecule has 0 aliphatic rings. The van der Waals surface area contributed by atoms with Crippen LogP contribution in [0.1, 0.15) is 19.8 Å². The minimum Gasteiger partial charge on any atom is -0.396 e. The van der Waals surface area contributed by atoms with Crippen LogP contribution in [0.5, 0.6) is 0 Å². The maximum absolute atomic E-state index is 8.41. The maximum atomic E-state index is 8.41. The van der Waals surface area contributed by atoms with Crippen LogP contribution >= 0.6 is 0 Å². The van der Waals surface area contributed by atoms with Crippen molar-refractivity contribution in [3.05, 3.63) is 0 Å². The fourth-order valence-corrected chi connectivity index (χ4v) is 0.667. The lowest BCUT2D eigenvalue weighted by molar-refractivity contribution is 0.0473. The van der Waals surface area contributed by atoms with Gasteiger partial charge in [0.2, 0.25) is 0 Å². The van der Waals surface area contributed by atoms with E-state index in [1.165, 1.54) is 0 Å². The third kappa shape index (κ3) is 4.73. The number of ether oxygens (including phenoxy) is 1. The molecule has 1 atom stereocenters. The van der Waals surface area contributed by atoms with E-state index < -0.39 is 0 Å². The van der Waals surface area contributed by atoms with Gasteiger partial charge in [0.25, 0.3) is 0 Å². The van der Waals surface area contributed by atoms with Crippen molar-refractivity contribution in [2.24, 2.45) is 5.73 Å². The van der Waals surface area contributed by atoms with Gasteiger partial charge in [0.15, 0.2) is 0 Å². The van der Waals surface area contributed by atoms with E-state index in [2.05, 4.69) is 0 Å². The van der Waals surface area contributed by atoms with Crippen LogP contribution in [0.15, 0.2) is 0 Å². The van der Waals surface area contributed by atoms with Crippen molar-refractivity contribution in [1.29, 1.82) is 0 Å². The topological polar surface area (TPSA) is 55.5 Å². The SMILES string of the molecule is CCC(CN)OCCCO. The van der Waals surface area contributed by atoms with Crippen molar-refractivity contribution in [1.82, 2.24) is 0 Å². The number of hydrogen-bond donors (Lipinski definition) is 2. The highest BCUT2D eigenvalue weighted by atomic mass is 16.5. The number of aliphatic hydroxyl groups excluding tert-OH is 1. The third-order valence-corrected chi connectivity index (χ3v) is 1.37. The summed E-state index contributed by atoms with van der Waals surface area (Å²) in [6.45, 7) is 3.42. The predicted molar refractivity (Wildman–Crippen MR) is 40.8 cm³/mol. The Morgan fingerprint density at radius 1 is 1.60 bits per heavy atom. The van der Waals surface area contributed by atoms with E-state index in [1.54, 1.807) is 0 Å². The summed E-state index contributed by atoms with van der Waals surface area (Å²) < 4.78 is 5.30. The smallest absolute Gasteiger partial charge is 0.0694 e. The molecule has 0 aromatic heterocycles. The summed E-state index contributed by atoms with van der Waals surface area (Å²) in [5.74, 6) is 0. The molecule has 0 heterocycles. The fraction of sp³-hybridized carbons (Fsp3) is 1.00. The molecule has 0 radical (unpaired) electrons. The van der Waals surface area contributed by atoms with Crippen LogP contribution in [0.25, 0.3) is 0 Å². The van der Waals surface area contributed by atoms with Gasteiger partial charge in [0.05, 0.1) is 6.10 Å². The van der Waals surface area contributed by atoms with Crippen molar-refractivity contribution < 1.29 is 9.84 Å². The highest BCUT2D eigenvalue weighted by molar-refractivity contribution is 4.54. The lowest BCUT2D eigenvalue weighted by Crippen LogP contribution is -2.23. The van der Waals surface area contributed by atoms with Gasteiger partial charge < -0.3 is 15.6 Å². The minimum absolute atomic E-state index is 0.173. The second-order valence-electron chi connectivity index (χ2n) is 2.21. The van der Waals surface area contributed by atoms with Gasteiger partial charge in [-0.05, 0) is 12.8 Å². The summed E-state index contributed by atoms with van der Waals surface area (Å²) in [5, 5.41) is 8.41. The zero-order valence-electron chi connectivity index (χ0n) is 6.55. The first kappa shape index (κ1) is 9.88. The first-order valence-corrected chi connectivity index (χ1v) is 3.77. The van der Waals surface area contributed by atoms with Gasteiger partial charge in [-0.25, -0.2) is 0 Å². The van der Waals surface area contributed by atoms with E-state index in [0.717, 1.165) is 6.42 Å². The zero-order chi connectivity index (χ0) is 7.82. The van der Waals surface area contributed by atoms with Crippen LogP contribution in [0.2, 0.25) is 0 Å². The fourth-order valence-electron chi connectivity index (χ4n) is 0.667. The first-order chi connectivity index (χ1) is 4.85. The van der Waals surface area contributed by atoms with E-state index in [0.29, 0.717) is 19.6 Å². The maximum Gasteiger partial charge on any atom is 0.0694 e. The molecule has 0 aromatic rings. The first-order valence-electron chi connectivity index (χ1n) is 3.77. The largest absolute Gasteiger partial charge is 0.396 e. The Bertz CT molecular complexity index is 64.6. The quantitative estimate of drug-likeness (QED) is 0.525.